The number of rotatable bonds is 4. The Bertz CT molecular complexity index is 1310. The Morgan fingerprint density at radius 2 is 1.75 bits per heavy atom. The van der Waals surface area contributed by atoms with Crippen LogP contribution < -0.4 is 4.90 Å². The number of furan rings is 1. The van der Waals surface area contributed by atoms with Gasteiger partial charge in [0.1, 0.15) is 23.3 Å². The van der Waals surface area contributed by atoms with Gasteiger partial charge in [-0.05, 0) is 55.5 Å². The van der Waals surface area contributed by atoms with Crippen LogP contribution in [0.3, 0.4) is 0 Å². The summed E-state index contributed by atoms with van der Waals surface area (Å²) in [6.45, 7) is 1.70. The van der Waals surface area contributed by atoms with Gasteiger partial charge in [-0.15, -0.1) is 0 Å². The first-order valence-electron chi connectivity index (χ1n) is 9.44. The van der Waals surface area contributed by atoms with Crippen LogP contribution in [0.5, 0.6) is 0 Å². The van der Waals surface area contributed by atoms with Crippen molar-refractivity contribution >= 4 is 28.8 Å². The first-order valence-corrected chi connectivity index (χ1v) is 9.44. The maximum absolute atomic E-state index is 13.0. The number of nitro benzene ring substituents is 1. The summed E-state index contributed by atoms with van der Waals surface area (Å²) in [6, 6.07) is 15.2. The largest absolute Gasteiger partial charge is 0.507 e. The van der Waals surface area contributed by atoms with Crippen LogP contribution in [0.15, 0.2) is 70.7 Å². The maximum atomic E-state index is 13.0. The highest BCUT2D eigenvalue weighted by atomic mass is 16.6. The van der Waals surface area contributed by atoms with Crippen molar-refractivity contribution in [2.24, 2.45) is 0 Å². The average Bonchev–Trinajstić information content (AvgIpc) is 3.34. The lowest BCUT2D eigenvalue weighted by molar-refractivity contribution is -0.384. The number of aliphatic hydroxyl groups excluding tert-OH is 1. The number of non-ortho nitro benzene ring substituents is 1. The van der Waals surface area contributed by atoms with Gasteiger partial charge < -0.3 is 9.52 Å². The van der Waals surface area contributed by atoms with Crippen LogP contribution in [-0.4, -0.2) is 21.7 Å². The predicted octanol–water partition coefficient (Wildman–Crippen LogP) is 3.99. The molecule has 1 atom stereocenters. The van der Waals surface area contributed by atoms with Crippen molar-refractivity contribution in [1.29, 1.82) is 5.26 Å². The van der Waals surface area contributed by atoms with Gasteiger partial charge in [-0.25, -0.2) is 0 Å². The summed E-state index contributed by atoms with van der Waals surface area (Å²) in [5, 5.41) is 30.9. The summed E-state index contributed by atoms with van der Waals surface area (Å²) >= 11 is 0. The molecule has 0 saturated carbocycles. The van der Waals surface area contributed by atoms with Gasteiger partial charge in [-0.1, -0.05) is 0 Å². The minimum Gasteiger partial charge on any atom is -0.507 e. The van der Waals surface area contributed by atoms with Gasteiger partial charge >= 0.3 is 0 Å². The molecule has 1 aliphatic rings. The average molecular weight is 429 g/mol. The van der Waals surface area contributed by atoms with Gasteiger partial charge in [0.15, 0.2) is 0 Å². The number of amides is 1. The lowest BCUT2D eigenvalue weighted by Gasteiger charge is -2.23. The van der Waals surface area contributed by atoms with Gasteiger partial charge in [0.25, 0.3) is 17.4 Å². The Kier molecular flexibility index (Phi) is 5.04. The second-order valence-electron chi connectivity index (χ2n) is 7.08. The van der Waals surface area contributed by atoms with E-state index in [0.717, 1.165) is 0 Å². The van der Waals surface area contributed by atoms with Crippen molar-refractivity contribution in [3.05, 3.63) is 99.0 Å². The zero-order chi connectivity index (χ0) is 23.0. The zero-order valence-corrected chi connectivity index (χ0v) is 16.7. The zero-order valence-electron chi connectivity index (χ0n) is 16.7. The standard InChI is InChI=1S/C23H15N3O6/c1-13-2-11-18(32-13)20-19(21(27)15-5-9-17(10-6-15)26(30)31)22(28)23(29)25(20)16-7-3-14(12-24)4-8-16/h2-11,20,27H,1H3/b21-19-. The molecule has 3 aromatic rings. The Labute approximate surface area is 181 Å². The van der Waals surface area contributed by atoms with Crippen molar-refractivity contribution in [2.45, 2.75) is 13.0 Å². The van der Waals surface area contributed by atoms with E-state index in [1.165, 1.54) is 53.4 Å². The van der Waals surface area contributed by atoms with Crippen LogP contribution in [-0.2, 0) is 9.59 Å². The molecule has 32 heavy (non-hydrogen) atoms. The van der Waals surface area contributed by atoms with E-state index < -0.39 is 28.4 Å². The predicted molar refractivity (Wildman–Crippen MR) is 112 cm³/mol. The summed E-state index contributed by atoms with van der Waals surface area (Å²) in [7, 11) is 0. The summed E-state index contributed by atoms with van der Waals surface area (Å²) in [5.41, 5.74) is 0.469. The Balaban J connectivity index is 1.89. The first-order chi connectivity index (χ1) is 15.3. The second kappa shape index (κ2) is 7.85. The maximum Gasteiger partial charge on any atom is 0.300 e. The molecular formula is C23H15N3O6. The molecule has 9 nitrogen and oxygen atoms in total. The van der Waals surface area contributed by atoms with Crippen molar-refractivity contribution in [1.82, 2.24) is 0 Å². The fraction of sp³-hybridized carbons (Fsp3) is 0.0870. The molecule has 4 rings (SSSR count). The van der Waals surface area contributed by atoms with E-state index in [4.69, 9.17) is 9.68 Å². The topological polar surface area (TPSA) is 138 Å². The molecule has 0 aliphatic carbocycles. The monoisotopic (exact) mass is 429 g/mol. The highest BCUT2D eigenvalue weighted by Gasteiger charge is 2.48. The van der Waals surface area contributed by atoms with Crippen LogP contribution >= 0.6 is 0 Å². The third-order valence-electron chi connectivity index (χ3n) is 5.10. The number of hydrogen-bond donors (Lipinski definition) is 1. The lowest BCUT2D eigenvalue weighted by Crippen LogP contribution is -2.29. The smallest absolute Gasteiger partial charge is 0.300 e. The highest BCUT2D eigenvalue weighted by Crippen LogP contribution is 2.42. The van der Waals surface area contributed by atoms with E-state index in [2.05, 4.69) is 0 Å². The molecule has 158 valence electrons. The molecule has 1 N–H and O–H groups in total. The van der Waals surface area contributed by atoms with Crippen LogP contribution in [0.4, 0.5) is 11.4 Å². The van der Waals surface area contributed by atoms with Crippen LogP contribution in [0.2, 0.25) is 0 Å². The summed E-state index contributed by atoms with van der Waals surface area (Å²) in [6.07, 6.45) is 0. The van der Waals surface area contributed by atoms with Gasteiger partial charge in [-0.2, -0.15) is 5.26 Å². The number of hydrogen-bond acceptors (Lipinski definition) is 7. The fourth-order valence-corrected chi connectivity index (χ4v) is 3.56. The molecular weight excluding hydrogens is 414 g/mol. The summed E-state index contributed by atoms with van der Waals surface area (Å²) < 4.78 is 5.69. The molecule has 1 aliphatic heterocycles. The third kappa shape index (κ3) is 3.40. The fourth-order valence-electron chi connectivity index (χ4n) is 3.56. The molecule has 1 fully saturated rings. The van der Waals surface area contributed by atoms with E-state index >= 15 is 0 Å². The quantitative estimate of drug-likeness (QED) is 0.217. The van der Waals surface area contributed by atoms with E-state index in [-0.39, 0.29) is 22.6 Å². The molecule has 1 aromatic heterocycles. The van der Waals surface area contributed by atoms with Crippen molar-refractivity contribution in [3.8, 4) is 6.07 Å². The van der Waals surface area contributed by atoms with Gasteiger partial charge in [0.05, 0.1) is 22.1 Å². The Hall–Kier alpha value is -4.71. The number of nitro groups is 1. The molecule has 2 heterocycles. The number of carbonyl (C=O) groups is 2. The minimum atomic E-state index is -1.06. The molecule has 0 spiro atoms. The number of nitriles is 1. The molecule has 1 unspecified atom stereocenters. The van der Waals surface area contributed by atoms with Gasteiger partial charge in [0.2, 0.25) is 0 Å². The van der Waals surface area contributed by atoms with Crippen LogP contribution in [0, 0.1) is 28.4 Å². The Morgan fingerprint density at radius 3 is 2.28 bits per heavy atom. The number of nitrogens with zero attached hydrogens (tertiary/aromatic N) is 3. The van der Waals surface area contributed by atoms with E-state index in [9.17, 15) is 24.8 Å². The highest BCUT2D eigenvalue weighted by molar-refractivity contribution is 6.51. The molecule has 0 bridgehead atoms. The van der Waals surface area contributed by atoms with E-state index in [0.29, 0.717) is 17.0 Å². The minimum absolute atomic E-state index is 0.140. The number of benzene rings is 2. The number of anilines is 1. The lowest BCUT2D eigenvalue weighted by atomic mass is 9.99. The second-order valence-corrected chi connectivity index (χ2v) is 7.08. The molecule has 2 aromatic carbocycles. The number of Topliss-reactive ketones (excluding diaryl/α,β-unsaturated/α-hetero) is 1. The summed E-state index contributed by atoms with van der Waals surface area (Å²) in [5.74, 6) is -1.48. The van der Waals surface area contributed by atoms with Crippen molar-refractivity contribution in [3.63, 3.8) is 0 Å². The van der Waals surface area contributed by atoms with Gasteiger partial charge in [-0.3, -0.25) is 24.6 Å². The van der Waals surface area contributed by atoms with Crippen molar-refractivity contribution < 1.29 is 24.0 Å². The van der Waals surface area contributed by atoms with E-state index in [1.54, 1.807) is 19.1 Å². The molecule has 0 radical (unpaired) electrons. The van der Waals surface area contributed by atoms with Gasteiger partial charge in [0, 0.05) is 23.4 Å². The number of ketones is 1. The van der Waals surface area contributed by atoms with Crippen LogP contribution in [0.25, 0.3) is 5.76 Å². The van der Waals surface area contributed by atoms with Crippen LogP contribution in [0.1, 0.15) is 28.7 Å². The Morgan fingerprint density at radius 1 is 1.09 bits per heavy atom. The number of carbonyl (C=O) groups excluding carboxylic acids is 2. The first kappa shape index (κ1) is 20.6. The van der Waals surface area contributed by atoms with E-state index in [1.807, 2.05) is 6.07 Å². The SMILES string of the molecule is Cc1ccc(C2/C(=C(/O)c3ccc([N+](=O)[O-])cc3)C(=O)C(=O)N2c2ccc(C#N)cc2)o1. The molecule has 1 amide bonds. The third-order valence-corrected chi connectivity index (χ3v) is 5.10. The van der Waals surface area contributed by atoms with Crippen molar-refractivity contribution in [2.75, 3.05) is 4.90 Å². The normalized spacial score (nSPS) is 17.4. The molecule has 1 saturated heterocycles. The summed E-state index contributed by atoms with van der Waals surface area (Å²) in [4.78, 5) is 37.5. The number of aryl methyl sites for hydroxylation is 1. The number of aliphatic hydroxyl groups is 1. The molecule has 9 heteroatoms.